The number of hydrogen-bond donors (Lipinski definition) is 0. The number of rotatable bonds is 6. The van der Waals surface area contributed by atoms with Gasteiger partial charge in [0.15, 0.2) is 0 Å². The SMILES string of the molecule is CC(C)(C)c1ccc2c(c1)c1cc(C(C)(C)C)ccc1n2-c1ccc2c(c1)Oc1cc(-c3cc4c5c(c3)Oc3ccccc3B5c3ccccc3O4)cc3c1B2c1ccc(-n2c4ccccc4c4ccccc42)cc1N3c1cc(-c2ccccc2)cc(-c2ccccc2)c1. The van der Waals surface area contributed by atoms with Gasteiger partial charge in [0, 0.05) is 61.5 Å². The first-order valence-electron chi connectivity index (χ1n) is 32.8. The van der Waals surface area contributed by atoms with Crippen molar-refractivity contribution in [3.63, 3.8) is 0 Å². The molecule has 0 N–H and O–H groups in total. The number of anilines is 3. The van der Waals surface area contributed by atoms with Crippen LogP contribution in [0.3, 0.4) is 0 Å². The smallest absolute Gasteiger partial charge is 0.260 e. The highest BCUT2D eigenvalue weighted by atomic mass is 16.5. The fraction of sp³-hybridized carbons (Fsp3) is 0.0930. The third kappa shape index (κ3) is 8.31. The van der Waals surface area contributed by atoms with E-state index in [1.807, 2.05) is 0 Å². The second-order valence-electron chi connectivity index (χ2n) is 28.0. The molecule has 6 heterocycles. The molecular formula is C86H63B2N3O3. The molecule has 13 aromatic carbocycles. The van der Waals surface area contributed by atoms with Crippen molar-refractivity contribution in [3.05, 3.63) is 284 Å². The van der Waals surface area contributed by atoms with Gasteiger partial charge in [0.2, 0.25) is 0 Å². The maximum Gasteiger partial charge on any atom is 0.260 e. The summed E-state index contributed by atoms with van der Waals surface area (Å²) in [6, 6.07) is 101. The summed E-state index contributed by atoms with van der Waals surface area (Å²) in [6.45, 7) is 13.5. The van der Waals surface area contributed by atoms with E-state index in [0.717, 1.165) is 146 Å². The first-order valence-corrected chi connectivity index (χ1v) is 32.8. The molecule has 0 radical (unpaired) electrons. The molecule has 8 heteroatoms. The Morgan fingerprint density at radius 1 is 0.266 bits per heavy atom. The maximum atomic E-state index is 7.73. The van der Waals surface area contributed by atoms with E-state index in [-0.39, 0.29) is 24.3 Å². The topological polar surface area (TPSA) is 40.8 Å². The summed E-state index contributed by atoms with van der Waals surface area (Å²) in [5, 5.41) is 4.92. The fourth-order valence-corrected chi connectivity index (χ4v) is 15.8. The Balaban J connectivity index is 0.887. The summed E-state index contributed by atoms with van der Waals surface area (Å²) in [5.41, 5.74) is 25.5. The van der Waals surface area contributed by atoms with Crippen molar-refractivity contribution in [1.82, 2.24) is 9.13 Å². The summed E-state index contributed by atoms with van der Waals surface area (Å²) >= 11 is 0. The number of para-hydroxylation sites is 4. The normalized spacial score (nSPS) is 13.4. The van der Waals surface area contributed by atoms with Crippen molar-refractivity contribution in [3.8, 4) is 79.3 Å². The zero-order valence-electron chi connectivity index (χ0n) is 53.2. The van der Waals surface area contributed by atoms with Gasteiger partial charge >= 0.3 is 0 Å². The third-order valence-corrected chi connectivity index (χ3v) is 20.4. The summed E-state index contributed by atoms with van der Waals surface area (Å²) in [4.78, 5) is 2.53. The van der Waals surface area contributed by atoms with Crippen LogP contribution in [-0.2, 0) is 10.8 Å². The fourth-order valence-electron chi connectivity index (χ4n) is 15.8. The van der Waals surface area contributed by atoms with Crippen molar-refractivity contribution in [2.75, 3.05) is 4.90 Å². The Kier molecular flexibility index (Phi) is 11.7. The molecule has 4 aliphatic rings. The van der Waals surface area contributed by atoms with Gasteiger partial charge in [-0.15, -0.1) is 0 Å². The molecule has 94 heavy (non-hydrogen) atoms. The van der Waals surface area contributed by atoms with Crippen molar-refractivity contribution in [1.29, 1.82) is 0 Å². The van der Waals surface area contributed by atoms with Crippen molar-refractivity contribution < 1.29 is 14.2 Å². The van der Waals surface area contributed by atoms with Gasteiger partial charge in [-0.05, 0) is 192 Å². The van der Waals surface area contributed by atoms with Gasteiger partial charge in [-0.2, -0.15) is 0 Å². The van der Waals surface area contributed by atoms with Gasteiger partial charge < -0.3 is 28.2 Å². The summed E-state index contributed by atoms with van der Waals surface area (Å²) in [6.07, 6.45) is 0. The first kappa shape index (κ1) is 54.5. The second kappa shape index (κ2) is 20.1. The average Bonchev–Trinajstić information content (AvgIpc) is 0.786. The van der Waals surface area contributed by atoms with Gasteiger partial charge in [-0.1, -0.05) is 199 Å². The van der Waals surface area contributed by atoms with E-state index in [9.17, 15) is 0 Å². The van der Waals surface area contributed by atoms with Crippen LogP contribution in [0.4, 0.5) is 17.1 Å². The lowest BCUT2D eigenvalue weighted by atomic mass is 9.34. The zero-order chi connectivity index (χ0) is 62.9. The van der Waals surface area contributed by atoms with Crippen LogP contribution < -0.4 is 51.9 Å². The van der Waals surface area contributed by atoms with E-state index in [4.69, 9.17) is 14.2 Å². The number of benzene rings is 13. The van der Waals surface area contributed by atoms with Crippen LogP contribution in [0.25, 0.3) is 88.4 Å². The van der Waals surface area contributed by atoms with E-state index in [2.05, 4.69) is 329 Å². The largest absolute Gasteiger partial charge is 0.458 e. The Hall–Kier alpha value is -11.2. The molecule has 0 saturated carbocycles. The van der Waals surface area contributed by atoms with E-state index in [0.29, 0.717) is 0 Å². The van der Waals surface area contributed by atoms with Gasteiger partial charge in [-0.25, -0.2) is 0 Å². The molecule has 4 aliphatic heterocycles. The number of aromatic nitrogens is 2. The van der Waals surface area contributed by atoms with Crippen molar-refractivity contribution >= 4 is 107 Å². The molecule has 0 bridgehead atoms. The average molecular weight is 1210 g/mol. The molecule has 0 spiro atoms. The number of fused-ring (bicyclic) bond motifs is 14. The summed E-state index contributed by atoms with van der Waals surface area (Å²) in [5.74, 6) is 4.86. The molecule has 2 aromatic heterocycles. The molecule has 15 aromatic rings. The maximum absolute atomic E-state index is 7.73. The predicted octanol–water partition coefficient (Wildman–Crippen LogP) is 18.6. The third-order valence-electron chi connectivity index (χ3n) is 20.4. The standard InChI is InChI=1S/C86H63B2N3O3/c1-85(2,3)58-33-39-73-65(48-58)66-49-59(86(4,5)6)34-40-74(66)90(73)61-36-38-70-79(51-61)94-80-45-56(57-46-81-84-82(47-57)93-78-32-20-16-28-69(78)88(84)68-27-15-19-31-77(68)92-81)44-76-83(80)87(70)67-37-35-60(89-71-29-17-13-25-63(71)64-26-14-18-30-72(64)89)50-75(67)91(76)62-42-54(52-21-9-7-10-22-52)41-55(43-62)53-23-11-8-12-24-53/h7-51H,1-6H3. The highest BCUT2D eigenvalue weighted by Gasteiger charge is 2.45. The highest BCUT2D eigenvalue weighted by Crippen LogP contribution is 2.49. The molecule has 0 fully saturated rings. The van der Waals surface area contributed by atoms with Crippen LogP contribution in [0.15, 0.2) is 273 Å². The summed E-state index contributed by atoms with van der Waals surface area (Å²) in [7, 11) is 0. The van der Waals surface area contributed by atoms with E-state index in [1.165, 1.54) is 38.1 Å². The van der Waals surface area contributed by atoms with Crippen LogP contribution in [0.1, 0.15) is 52.7 Å². The molecular weight excluding hydrogens is 1140 g/mol. The van der Waals surface area contributed by atoms with E-state index in [1.54, 1.807) is 0 Å². The van der Waals surface area contributed by atoms with Crippen molar-refractivity contribution in [2.24, 2.45) is 0 Å². The van der Waals surface area contributed by atoms with Crippen LogP contribution in [0, 0.1) is 0 Å². The predicted molar refractivity (Wildman–Crippen MR) is 392 cm³/mol. The summed E-state index contributed by atoms with van der Waals surface area (Å²) < 4.78 is 26.7. The van der Waals surface area contributed by atoms with Gasteiger partial charge in [0.05, 0.1) is 22.1 Å². The Bertz CT molecular complexity index is 5460. The number of hydrogen-bond acceptors (Lipinski definition) is 4. The van der Waals surface area contributed by atoms with Crippen LogP contribution >= 0.6 is 0 Å². The van der Waals surface area contributed by atoms with Gasteiger partial charge in [0.1, 0.15) is 34.5 Å². The number of ether oxygens (including phenoxy) is 3. The van der Waals surface area contributed by atoms with Gasteiger partial charge in [-0.3, -0.25) is 0 Å². The zero-order valence-corrected chi connectivity index (χ0v) is 53.2. The van der Waals surface area contributed by atoms with Gasteiger partial charge in [0.25, 0.3) is 13.4 Å². The molecule has 0 unspecified atom stereocenters. The quantitative estimate of drug-likeness (QED) is 0.156. The first-order chi connectivity index (χ1) is 45.8. The molecule has 19 rings (SSSR count). The minimum absolute atomic E-state index is 0.0323. The van der Waals surface area contributed by atoms with E-state index >= 15 is 0 Å². The van der Waals surface area contributed by atoms with Crippen molar-refractivity contribution in [2.45, 2.75) is 52.4 Å². The van der Waals surface area contributed by atoms with Crippen LogP contribution in [0.5, 0.6) is 34.5 Å². The lowest BCUT2D eigenvalue weighted by Crippen LogP contribution is -2.59. The monoisotopic (exact) mass is 1210 g/mol. The molecule has 0 amide bonds. The highest BCUT2D eigenvalue weighted by molar-refractivity contribution is 6.99. The minimum Gasteiger partial charge on any atom is -0.458 e. The van der Waals surface area contributed by atoms with E-state index < -0.39 is 0 Å². The lowest BCUT2D eigenvalue weighted by Gasteiger charge is -2.41. The Morgan fingerprint density at radius 3 is 1.24 bits per heavy atom. The van der Waals surface area contributed by atoms with Crippen LogP contribution in [-0.4, -0.2) is 22.6 Å². The minimum atomic E-state index is -0.229. The molecule has 0 aliphatic carbocycles. The molecule has 446 valence electrons. The Morgan fingerprint density at radius 2 is 0.691 bits per heavy atom. The van der Waals surface area contributed by atoms with Crippen LogP contribution in [0.2, 0.25) is 0 Å². The molecule has 0 atom stereocenters. The molecule has 6 nitrogen and oxygen atoms in total. The number of nitrogens with zero attached hydrogens (tertiary/aromatic N) is 3. The lowest BCUT2D eigenvalue weighted by molar-refractivity contribution is 0.465. The Labute approximate surface area is 547 Å². The second-order valence-corrected chi connectivity index (χ2v) is 28.0. The molecule has 0 saturated heterocycles.